The normalized spacial score (nSPS) is 13.3. The highest BCUT2D eigenvalue weighted by Crippen LogP contribution is 2.20. The van der Waals surface area contributed by atoms with Gasteiger partial charge in [0.2, 0.25) is 23.6 Å². The zero-order valence-corrected chi connectivity index (χ0v) is 29.7. The topological polar surface area (TPSA) is 157 Å². The number of carboxylic acids is 1. The van der Waals surface area contributed by atoms with Crippen molar-refractivity contribution in [3.8, 4) is 0 Å². The second-order valence-corrected chi connectivity index (χ2v) is 13.2. The molecule has 268 valence electrons. The Bertz CT molecular complexity index is 1640. The quantitative estimate of drug-likeness (QED) is 0.0951. The maximum Gasteiger partial charge on any atom is 0.327 e. The van der Waals surface area contributed by atoms with E-state index in [-0.39, 0.29) is 24.1 Å². The third kappa shape index (κ3) is 12.8. The Kier molecular flexibility index (Phi) is 15.2. The van der Waals surface area contributed by atoms with Crippen molar-refractivity contribution < 1.29 is 29.1 Å². The molecule has 5 N–H and O–H groups in total. The molecule has 0 aromatic heterocycles. The molecular weight excluding hydrogens is 634 g/mol. The Hall–Kier alpha value is -5.03. The number of hydrogen-bond acceptors (Lipinski definition) is 6. The van der Waals surface area contributed by atoms with Gasteiger partial charge in [-0.1, -0.05) is 78.9 Å². The molecule has 11 heteroatoms. The first kappa shape index (κ1) is 39.4. The van der Waals surface area contributed by atoms with Crippen LogP contribution in [0.5, 0.6) is 0 Å². The molecular formula is C39H51N5O6. The second kappa shape index (κ2) is 19.2. The van der Waals surface area contributed by atoms with E-state index in [9.17, 15) is 24.0 Å². The van der Waals surface area contributed by atoms with E-state index in [1.54, 1.807) is 13.1 Å². The van der Waals surface area contributed by atoms with Crippen LogP contribution in [0.3, 0.4) is 0 Å². The van der Waals surface area contributed by atoms with E-state index in [0.717, 1.165) is 28.0 Å². The summed E-state index contributed by atoms with van der Waals surface area (Å²) in [5.74, 6) is -2.32. The van der Waals surface area contributed by atoms with Gasteiger partial charge in [-0.25, -0.2) is 4.79 Å². The van der Waals surface area contributed by atoms with Crippen molar-refractivity contribution in [1.29, 1.82) is 0 Å². The molecule has 0 spiro atoms. The van der Waals surface area contributed by atoms with Crippen LogP contribution in [0.15, 0.2) is 84.9 Å². The van der Waals surface area contributed by atoms with Crippen molar-refractivity contribution >= 4 is 40.4 Å². The highest BCUT2D eigenvalue weighted by Gasteiger charge is 2.35. The molecule has 3 aromatic carbocycles. The minimum Gasteiger partial charge on any atom is -0.478 e. The lowest BCUT2D eigenvalue weighted by atomic mass is 9.94. The number of carbonyl (C=O) groups excluding carboxylic acids is 4. The number of aliphatic carboxylic acids is 1. The Morgan fingerprint density at radius 1 is 0.840 bits per heavy atom. The van der Waals surface area contributed by atoms with Gasteiger partial charge in [-0.05, 0) is 67.9 Å². The van der Waals surface area contributed by atoms with Gasteiger partial charge < -0.3 is 31.3 Å². The summed E-state index contributed by atoms with van der Waals surface area (Å²) in [4.78, 5) is 65.3. The molecule has 0 saturated heterocycles. The van der Waals surface area contributed by atoms with Crippen LogP contribution in [0, 0.1) is 0 Å². The summed E-state index contributed by atoms with van der Waals surface area (Å²) in [6.45, 7) is 5.70. The van der Waals surface area contributed by atoms with Gasteiger partial charge in [0.1, 0.15) is 12.1 Å². The molecule has 0 aliphatic heterocycles. The fourth-order valence-electron chi connectivity index (χ4n) is 5.88. The van der Waals surface area contributed by atoms with Crippen LogP contribution in [0.1, 0.15) is 57.6 Å². The van der Waals surface area contributed by atoms with E-state index in [4.69, 9.17) is 5.11 Å². The van der Waals surface area contributed by atoms with E-state index < -0.39 is 35.5 Å². The van der Waals surface area contributed by atoms with Crippen molar-refractivity contribution in [2.45, 2.75) is 83.0 Å². The van der Waals surface area contributed by atoms with Crippen LogP contribution >= 0.6 is 0 Å². The number of nitrogens with zero attached hydrogens (tertiary/aromatic N) is 1. The summed E-state index contributed by atoms with van der Waals surface area (Å²) >= 11 is 0. The summed E-state index contributed by atoms with van der Waals surface area (Å²) < 4.78 is 0. The standard InChI is InChI=1S/C39H51N5O6/c1-27(45)41-23-12-11-18-32(36(48)40-4)42-37(49)34(26-28-14-7-6-8-15-28)44(5)38(50)33(43-39(2,3)22-13-19-35(46)47)25-29-20-21-30-16-9-10-17-31(30)24-29/h6-10,13-17,19-21,24,32-34,43H,11-12,18,22-23,25-26H2,1-5H3,(H,40,48)(H,41,45)(H,42,49)(H,46,47)/b19-13+/t32-,33+,34+/m0/s1. The van der Waals surface area contributed by atoms with E-state index in [2.05, 4.69) is 21.3 Å². The second-order valence-electron chi connectivity index (χ2n) is 13.2. The number of fused-ring (bicyclic) bond motifs is 1. The Balaban J connectivity index is 1.92. The summed E-state index contributed by atoms with van der Waals surface area (Å²) in [7, 11) is 3.11. The van der Waals surface area contributed by atoms with Gasteiger partial charge in [0.15, 0.2) is 0 Å². The molecule has 3 aromatic rings. The Morgan fingerprint density at radius 3 is 2.18 bits per heavy atom. The van der Waals surface area contributed by atoms with Crippen LogP contribution in [0.4, 0.5) is 0 Å². The first-order valence-electron chi connectivity index (χ1n) is 17.0. The first-order valence-corrected chi connectivity index (χ1v) is 17.0. The number of carboxylic acid groups (broad SMARTS) is 1. The van der Waals surface area contributed by atoms with Crippen molar-refractivity contribution in [3.05, 3.63) is 96.1 Å². The summed E-state index contributed by atoms with van der Waals surface area (Å²) in [6.07, 6.45) is 5.07. The molecule has 4 amide bonds. The number of likely N-dealkylation sites (N-methyl/N-ethyl adjacent to an activating group) is 2. The van der Waals surface area contributed by atoms with Crippen molar-refractivity contribution in [3.63, 3.8) is 0 Å². The zero-order chi connectivity index (χ0) is 36.7. The van der Waals surface area contributed by atoms with E-state index in [1.807, 2.05) is 86.6 Å². The lowest BCUT2D eigenvalue weighted by Gasteiger charge is -2.36. The number of hydrogen-bond donors (Lipinski definition) is 5. The Labute approximate surface area is 294 Å². The van der Waals surface area contributed by atoms with Gasteiger partial charge >= 0.3 is 5.97 Å². The van der Waals surface area contributed by atoms with Gasteiger partial charge in [0.05, 0.1) is 6.04 Å². The number of amides is 4. The number of nitrogens with one attached hydrogen (secondary N) is 4. The van der Waals surface area contributed by atoms with Crippen molar-refractivity contribution in [2.24, 2.45) is 0 Å². The molecule has 11 nitrogen and oxygen atoms in total. The summed E-state index contributed by atoms with van der Waals surface area (Å²) in [6, 6.07) is 20.8. The average molecular weight is 686 g/mol. The van der Waals surface area contributed by atoms with E-state index >= 15 is 0 Å². The zero-order valence-electron chi connectivity index (χ0n) is 29.7. The minimum atomic E-state index is -1.05. The molecule has 0 saturated carbocycles. The molecule has 0 heterocycles. The van der Waals surface area contributed by atoms with Gasteiger partial charge in [-0.3, -0.25) is 19.2 Å². The highest BCUT2D eigenvalue weighted by atomic mass is 16.4. The molecule has 0 fully saturated rings. The van der Waals surface area contributed by atoms with Crippen molar-refractivity contribution in [1.82, 2.24) is 26.2 Å². The number of carbonyl (C=O) groups is 5. The van der Waals surface area contributed by atoms with Gasteiger partial charge in [0.25, 0.3) is 0 Å². The minimum absolute atomic E-state index is 0.133. The van der Waals surface area contributed by atoms with Gasteiger partial charge in [-0.2, -0.15) is 0 Å². The fourth-order valence-corrected chi connectivity index (χ4v) is 5.88. The third-order valence-corrected chi connectivity index (χ3v) is 8.57. The lowest BCUT2D eigenvalue weighted by Crippen LogP contribution is -2.59. The van der Waals surface area contributed by atoms with Crippen LogP contribution < -0.4 is 21.3 Å². The molecule has 3 atom stereocenters. The van der Waals surface area contributed by atoms with Crippen LogP contribution in [0.2, 0.25) is 0 Å². The number of rotatable bonds is 19. The molecule has 50 heavy (non-hydrogen) atoms. The molecule has 0 unspecified atom stereocenters. The largest absolute Gasteiger partial charge is 0.478 e. The third-order valence-electron chi connectivity index (χ3n) is 8.57. The fraction of sp³-hybridized carbons (Fsp3) is 0.410. The van der Waals surface area contributed by atoms with Crippen LogP contribution in [0.25, 0.3) is 10.8 Å². The molecule has 0 aliphatic rings. The van der Waals surface area contributed by atoms with Gasteiger partial charge in [-0.15, -0.1) is 0 Å². The predicted molar refractivity (Wildman–Crippen MR) is 195 cm³/mol. The molecule has 0 bridgehead atoms. The predicted octanol–water partition coefficient (Wildman–Crippen LogP) is 3.76. The molecule has 0 aliphatic carbocycles. The highest BCUT2D eigenvalue weighted by molar-refractivity contribution is 5.93. The maximum atomic E-state index is 14.5. The SMILES string of the molecule is CNC(=O)[C@H](CCCCNC(C)=O)NC(=O)[C@@H](Cc1ccccc1)N(C)C(=O)[C@@H](Cc1ccc2ccccc2c1)NC(C)(C)C/C=C/C(=O)O. The molecule has 3 rings (SSSR count). The van der Waals surface area contributed by atoms with Crippen LogP contribution in [-0.2, 0) is 36.8 Å². The average Bonchev–Trinajstić information content (AvgIpc) is 3.08. The van der Waals surface area contributed by atoms with Crippen molar-refractivity contribution in [2.75, 3.05) is 20.6 Å². The van der Waals surface area contributed by atoms with E-state index in [0.29, 0.717) is 38.6 Å². The number of unbranched alkanes of at least 4 members (excludes halogenated alkanes) is 1. The van der Waals surface area contributed by atoms with Gasteiger partial charge in [0, 0.05) is 45.6 Å². The van der Waals surface area contributed by atoms with Crippen LogP contribution in [-0.4, -0.2) is 83.9 Å². The van der Waals surface area contributed by atoms with E-state index in [1.165, 1.54) is 18.9 Å². The summed E-state index contributed by atoms with van der Waals surface area (Å²) in [5.41, 5.74) is 1.09. The first-order chi connectivity index (χ1) is 23.8. The smallest absolute Gasteiger partial charge is 0.327 e. The summed E-state index contributed by atoms with van der Waals surface area (Å²) in [5, 5.41) is 23.0. The lowest BCUT2D eigenvalue weighted by molar-refractivity contribution is -0.141. The maximum absolute atomic E-state index is 14.5. The molecule has 0 radical (unpaired) electrons. The monoisotopic (exact) mass is 685 g/mol. The Morgan fingerprint density at radius 2 is 1.52 bits per heavy atom. The number of benzene rings is 3.